The molecule has 16 nitrogen and oxygen atoms in total. The molecule has 2 aromatic rings. The first-order chi connectivity index (χ1) is 19.7. The minimum atomic E-state index is -1.70. The van der Waals surface area contributed by atoms with Crippen LogP contribution in [-0.2, 0) is 28.8 Å². The number of amides is 3. The number of hydrogen-bond donors (Lipinski definition) is 5. The summed E-state index contributed by atoms with van der Waals surface area (Å²) in [5.74, 6) is -6.19. The number of thioether (sulfide) groups is 1. The van der Waals surface area contributed by atoms with E-state index in [9.17, 15) is 39.3 Å². The van der Waals surface area contributed by atoms with Crippen LogP contribution in [0.3, 0.4) is 0 Å². The largest absolute Gasteiger partial charge is 1.00 e. The summed E-state index contributed by atoms with van der Waals surface area (Å²) < 4.78 is 5.15. The normalized spacial score (nSPS) is 18.1. The molecule has 3 heterocycles. The molecule has 1 aromatic heterocycles. The fraction of sp³-hybridized carbons (Fsp3) is 0.292. The smallest absolute Gasteiger partial charge is 0.543 e. The van der Waals surface area contributed by atoms with Crippen molar-refractivity contribution in [3.05, 3.63) is 46.1 Å². The third-order valence-corrected chi connectivity index (χ3v) is 8.07. The third-order valence-electron chi connectivity index (χ3n) is 6.05. The summed E-state index contributed by atoms with van der Waals surface area (Å²) in [4.78, 5) is 72.3. The van der Waals surface area contributed by atoms with Crippen LogP contribution in [0.25, 0.3) is 0 Å². The Kier molecular flexibility index (Phi) is 10.3. The van der Waals surface area contributed by atoms with Gasteiger partial charge in [0.05, 0.1) is 17.2 Å². The van der Waals surface area contributed by atoms with Gasteiger partial charge in [-0.2, -0.15) is 0 Å². The van der Waals surface area contributed by atoms with Gasteiger partial charge in [0.1, 0.15) is 23.7 Å². The number of nitrogens with two attached hydrogens (primary N) is 2. The Hall–Kier alpha value is -3.84. The molecular weight excluding hydrogens is 619 g/mol. The summed E-state index contributed by atoms with van der Waals surface area (Å²) in [6.45, 7) is 2.14. The molecule has 0 radical (unpaired) electrons. The van der Waals surface area contributed by atoms with E-state index in [0.29, 0.717) is 0 Å². The molecule has 1 aromatic carbocycles. The molecule has 0 spiro atoms. The zero-order valence-electron chi connectivity index (χ0n) is 22.9. The van der Waals surface area contributed by atoms with Crippen LogP contribution in [-0.4, -0.2) is 84.8 Å². The number of β-lactam (4-membered cyclic amide) rings is 1. The van der Waals surface area contributed by atoms with E-state index in [4.69, 9.17) is 21.0 Å². The summed E-state index contributed by atoms with van der Waals surface area (Å²) in [5, 5.41) is 37.9. The second-order valence-corrected chi connectivity index (χ2v) is 11.4. The Balaban J connectivity index is 0.00000506. The number of phenols is 2. The van der Waals surface area contributed by atoms with Crippen molar-refractivity contribution in [2.24, 2.45) is 10.9 Å². The Morgan fingerprint density at radius 1 is 1.26 bits per heavy atom. The molecule has 7 N–H and O–H groups in total. The molecule has 19 heteroatoms. The Morgan fingerprint density at radius 2 is 1.95 bits per heavy atom. The van der Waals surface area contributed by atoms with Crippen molar-refractivity contribution in [2.45, 2.75) is 30.9 Å². The number of aromatic nitrogens is 1. The number of carbonyl (C=O) groups excluding carboxylic acids is 5. The molecule has 2 aliphatic rings. The van der Waals surface area contributed by atoms with Crippen LogP contribution in [0.5, 0.6) is 11.5 Å². The number of aliphatic carboxylic acids is 1. The van der Waals surface area contributed by atoms with E-state index in [2.05, 4.69) is 15.5 Å². The number of nitrogens with one attached hydrogen (secondary N) is 1. The maximum absolute atomic E-state index is 13.2. The van der Waals surface area contributed by atoms with E-state index in [1.807, 2.05) is 0 Å². The minimum Gasteiger partial charge on any atom is -0.543 e. The molecule has 0 aliphatic carbocycles. The number of oxime groups is 1. The van der Waals surface area contributed by atoms with Gasteiger partial charge in [0.2, 0.25) is 5.60 Å². The molecule has 0 saturated carbocycles. The zero-order chi connectivity index (χ0) is 30.9. The van der Waals surface area contributed by atoms with Crippen molar-refractivity contribution in [1.29, 1.82) is 0 Å². The molecule has 1 saturated heterocycles. The van der Waals surface area contributed by atoms with E-state index in [0.717, 1.165) is 40.1 Å². The molecule has 0 bridgehead atoms. The Bertz CT molecular complexity index is 1560. The number of carboxylic acid groups (broad SMARTS) is 1. The summed E-state index contributed by atoms with van der Waals surface area (Å²) >= 11 is 2.09. The monoisotopic (exact) mass is 642 g/mol. The Morgan fingerprint density at radius 3 is 2.53 bits per heavy atom. The van der Waals surface area contributed by atoms with Crippen LogP contribution in [0.1, 0.15) is 29.9 Å². The van der Waals surface area contributed by atoms with Gasteiger partial charge in [-0.05, 0) is 32.0 Å². The second-order valence-electron chi connectivity index (χ2n) is 9.36. The SMILES string of the molecule is CC(C)(ON=C(C(=O)N[C@@H]1C(=O)N2C(C(=O)[O-])=C(COC(=O)c3ccc(O)c(O)c3)CS[C@H]12)c1csc(N)n1)C(N)=O.[Na+]. The molecule has 43 heavy (non-hydrogen) atoms. The molecule has 4 rings (SSSR count). The first-order valence-corrected chi connectivity index (χ1v) is 13.8. The topological polar surface area (TPSA) is 260 Å². The number of carboxylic acids is 1. The average molecular weight is 643 g/mol. The maximum Gasteiger partial charge on any atom is 1.00 e. The van der Waals surface area contributed by atoms with Gasteiger partial charge in [0.25, 0.3) is 17.7 Å². The predicted molar refractivity (Wildman–Crippen MR) is 145 cm³/mol. The first-order valence-electron chi connectivity index (χ1n) is 11.9. The standard InChI is InChI=1S/C24H24N6O10S2.Na/c1-24(2,22(25)38)40-29-14(11-8-42-23(26)27-11)17(33)28-15-18(34)30-16(20(35)36)10(7-41-19(15)30)6-39-21(37)9-3-4-12(31)13(32)5-9;/h3-5,8,15,19,31-32H,6-7H2,1-2H3,(H2,25,38)(H2,26,27)(H,28,33)(H,35,36);/q;+1/p-1/t15-,19-;/m1./s1. The van der Waals surface area contributed by atoms with Gasteiger partial charge >= 0.3 is 35.5 Å². The van der Waals surface area contributed by atoms with Crippen LogP contribution in [0, 0.1) is 0 Å². The minimum absolute atomic E-state index is 0. The quantitative estimate of drug-likeness (QED) is 0.0409. The van der Waals surface area contributed by atoms with Crippen molar-refractivity contribution >= 4 is 63.6 Å². The maximum atomic E-state index is 13.2. The summed E-state index contributed by atoms with van der Waals surface area (Å²) in [7, 11) is 0. The van der Waals surface area contributed by atoms with Crippen LogP contribution >= 0.6 is 23.1 Å². The molecule has 2 aliphatic heterocycles. The molecule has 3 amide bonds. The van der Waals surface area contributed by atoms with Crippen molar-refractivity contribution in [1.82, 2.24) is 15.2 Å². The molecular formula is C24H23N6NaO10S2. The number of esters is 1. The van der Waals surface area contributed by atoms with Gasteiger partial charge in [-0.15, -0.1) is 23.1 Å². The van der Waals surface area contributed by atoms with Crippen LogP contribution in [0.4, 0.5) is 5.13 Å². The van der Waals surface area contributed by atoms with E-state index >= 15 is 0 Å². The van der Waals surface area contributed by atoms with E-state index in [-0.39, 0.29) is 57.3 Å². The number of rotatable bonds is 10. The molecule has 1 fully saturated rings. The number of hydrogen-bond acceptors (Lipinski definition) is 15. The number of benzene rings is 1. The molecule has 0 unspecified atom stereocenters. The summed E-state index contributed by atoms with van der Waals surface area (Å²) in [5.41, 5.74) is 8.39. The first kappa shape index (κ1) is 33.7. The second kappa shape index (κ2) is 13.2. The summed E-state index contributed by atoms with van der Waals surface area (Å²) in [6, 6.07) is 2.06. The number of primary amides is 1. The number of carbonyl (C=O) groups is 5. The number of anilines is 1. The fourth-order valence-corrected chi connectivity index (χ4v) is 5.56. The van der Waals surface area contributed by atoms with Gasteiger partial charge in [0.15, 0.2) is 22.3 Å². The number of fused-ring (bicyclic) bond motifs is 1. The van der Waals surface area contributed by atoms with Gasteiger partial charge in [-0.25, -0.2) is 9.78 Å². The number of nitrogens with zero attached hydrogens (tertiary/aromatic N) is 3. The van der Waals surface area contributed by atoms with Crippen LogP contribution < -0.4 is 51.4 Å². The van der Waals surface area contributed by atoms with Gasteiger partial charge in [-0.1, -0.05) is 5.16 Å². The van der Waals surface area contributed by atoms with Gasteiger partial charge in [-0.3, -0.25) is 19.3 Å². The molecule has 222 valence electrons. The van der Waals surface area contributed by atoms with Crippen LogP contribution in [0.2, 0.25) is 0 Å². The van der Waals surface area contributed by atoms with Crippen molar-refractivity contribution < 1.29 is 78.4 Å². The van der Waals surface area contributed by atoms with E-state index in [1.165, 1.54) is 25.3 Å². The Labute approximate surface area is 273 Å². The van der Waals surface area contributed by atoms with Crippen molar-refractivity contribution in [3.8, 4) is 11.5 Å². The van der Waals surface area contributed by atoms with Crippen molar-refractivity contribution in [2.75, 3.05) is 18.1 Å². The van der Waals surface area contributed by atoms with Crippen LogP contribution in [0.15, 0.2) is 40.0 Å². The molecule has 2 atom stereocenters. The fourth-order valence-electron chi connectivity index (χ4n) is 3.68. The summed E-state index contributed by atoms with van der Waals surface area (Å²) in [6.07, 6.45) is 0. The number of aromatic hydroxyl groups is 2. The van der Waals surface area contributed by atoms with Crippen molar-refractivity contribution in [3.63, 3.8) is 0 Å². The average Bonchev–Trinajstić information content (AvgIpc) is 3.36. The third kappa shape index (κ3) is 7.04. The van der Waals surface area contributed by atoms with E-state index < -0.39 is 76.2 Å². The zero-order valence-corrected chi connectivity index (χ0v) is 26.5. The predicted octanol–water partition coefficient (Wildman–Crippen LogP) is -4.61. The number of phenolic OH excluding ortho intramolecular Hbond substituents is 2. The van der Waals surface area contributed by atoms with E-state index in [1.54, 1.807) is 0 Å². The van der Waals surface area contributed by atoms with Gasteiger partial charge < -0.3 is 46.5 Å². The number of nitrogen functional groups attached to an aromatic ring is 1. The number of thiazole rings is 1. The number of ether oxygens (including phenoxy) is 1. The van der Waals surface area contributed by atoms with Gasteiger partial charge in [0, 0.05) is 16.7 Å².